The van der Waals surface area contributed by atoms with Crippen molar-refractivity contribution >= 4 is 22.6 Å². The van der Waals surface area contributed by atoms with Crippen LogP contribution in [0.5, 0.6) is 0 Å². The van der Waals surface area contributed by atoms with Gasteiger partial charge in [-0.05, 0) is 0 Å². The topological polar surface area (TPSA) is 9.23 Å². The maximum atomic E-state index is 12.0. The van der Waals surface area contributed by atoms with Gasteiger partial charge in [0.05, 0.1) is 12.5 Å². The van der Waals surface area contributed by atoms with E-state index in [1.807, 2.05) is 0 Å². The Morgan fingerprint density at radius 3 is 2.27 bits per heavy atom. The quantitative estimate of drug-likeness (QED) is 0.440. The molecule has 1 nitrogen and oxygen atoms in total. The summed E-state index contributed by atoms with van der Waals surface area (Å²) in [4.78, 5) is 0. The first-order chi connectivity index (χ1) is 4.81. The van der Waals surface area contributed by atoms with Crippen LogP contribution in [0, 0.1) is 5.92 Å². The molecule has 1 rings (SSSR count). The number of hydrogen-bond acceptors (Lipinski definition) is 1. The summed E-state index contributed by atoms with van der Waals surface area (Å²) in [6, 6.07) is 0. The molecule has 6 heteroatoms. The Morgan fingerprint density at radius 1 is 1.55 bits per heavy atom. The van der Waals surface area contributed by atoms with Crippen LogP contribution in [0.1, 0.15) is 6.42 Å². The van der Waals surface area contributed by atoms with Gasteiger partial charge in [-0.1, -0.05) is 0 Å². The van der Waals surface area contributed by atoms with Gasteiger partial charge >= 0.3 is 4.12 Å². The predicted molar refractivity (Wildman–Crippen MR) is 38.0 cm³/mol. The molecule has 0 spiro atoms. The minimum atomic E-state index is -3.32. The van der Waals surface area contributed by atoms with Gasteiger partial charge in [0.1, 0.15) is 0 Å². The van der Waals surface area contributed by atoms with E-state index in [4.69, 9.17) is 0 Å². The fraction of sp³-hybridized carbons (Fsp3) is 1.00. The van der Waals surface area contributed by atoms with Crippen LogP contribution in [0.25, 0.3) is 0 Å². The van der Waals surface area contributed by atoms with E-state index in [1.165, 1.54) is 0 Å². The Morgan fingerprint density at radius 2 is 2.00 bits per heavy atom. The lowest BCUT2D eigenvalue weighted by molar-refractivity contribution is -0.153. The summed E-state index contributed by atoms with van der Waals surface area (Å²) in [5.74, 6) is -3.79. The van der Waals surface area contributed by atoms with Crippen molar-refractivity contribution < 1.29 is 22.3 Å². The van der Waals surface area contributed by atoms with Crippen LogP contribution in [0.3, 0.4) is 0 Å². The average Bonchev–Trinajstić information content (AvgIpc) is 2.33. The first-order valence-corrected chi connectivity index (χ1v) is 3.98. The van der Waals surface area contributed by atoms with Crippen molar-refractivity contribution in [3.63, 3.8) is 0 Å². The maximum absolute atomic E-state index is 12.0. The molecule has 1 aliphatic carbocycles. The first-order valence-electron chi connectivity index (χ1n) is 2.90. The summed E-state index contributed by atoms with van der Waals surface area (Å²) in [7, 11) is 0. The fourth-order valence-electron chi connectivity index (χ4n) is 0.646. The van der Waals surface area contributed by atoms with Crippen molar-refractivity contribution in [2.24, 2.45) is 5.92 Å². The lowest BCUT2D eigenvalue weighted by Gasteiger charge is -2.08. The second-order valence-electron chi connectivity index (χ2n) is 2.42. The molecule has 0 saturated heterocycles. The van der Waals surface area contributed by atoms with Gasteiger partial charge in [-0.25, -0.2) is 8.78 Å². The summed E-state index contributed by atoms with van der Waals surface area (Å²) in [6.07, 6.45) is -0.334. The van der Waals surface area contributed by atoms with Crippen LogP contribution in [-0.4, -0.2) is 16.6 Å². The zero-order valence-corrected chi connectivity index (χ0v) is 7.45. The molecule has 0 N–H and O–H groups in total. The highest BCUT2D eigenvalue weighted by molar-refractivity contribution is 14.1. The van der Waals surface area contributed by atoms with Crippen molar-refractivity contribution in [1.29, 1.82) is 0 Å². The number of alkyl halides is 5. The van der Waals surface area contributed by atoms with E-state index in [0.29, 0.717) is 0 Å². The lowest BCUT2D eigenvalue weighted by Crippen LogP contribution is -2.14. The van der Waals surface area contributed by atoms with Crippen LogP contribution < -0.4 is 0 Å². The largest absolute Gasteiger partial charge is 0.407 e. The smallest absolute Gasteiger partial charge is 0.312 e. The second-order valence-corrected chi connectivity index (χ2v) is 3.67. The summed E-state index contributed by atoms with van der Waals surface area (Å²) in [5.41, 5.74) is 0. The SMILES string of the molecule is FC(F)(I)OCC1CC1(F)F. The molecule has 66 valence electrons. The first kappa shape index (κ1) is 9.50. The minimum absolute atomic E-state index is 0.334. The zero-order valence-electron chi connectivity index (χ0n) is 5.29. The van der Waals surface area contributed by atoms with E-state index in [1.54, 1.807) is 0 Å². The molecule has 1 saturated carbocycles. The molecule has 1 aliphatic rings. The van der Waals surface area contributed by atoms with Gasteiger partial charge in [-0.15, -0.1) is 0 Å². The lowest BCUT2D eigenvalue weighted by atomic mass is 10.4. The Hall–Kier alpha value is 0.410. The summed E-state index contributed by atoms with van der Waals surface area (Å²) >= 11 is 0.749. The molecule has 1 atom stereocenters. The van der Waals surface area contributed by atoms with Crippen molar-refractivity contribution in [3.8, 4) is 0 Å². The van der Waals surface area contributed by atoms with Gasteiger partial charge in [0, 0.05) is 29.0 Å². The summed E-state index contributed by atoms with van der Waals surface area (Å²) in [6.45, 7) is -0.567. The summed E-state index contributed by atoms with van der Waals surface area (Å²) in [5, 5.41) is 0. The third-order valence-electron chi connectivity index (χ3n) is 1.40. The molecule has 1 fully saturated rings. The second kappa shape index (κ2) is 2.72. The standard InChI is InChI=1S/C5H5F4IO/c6-4(7)1-3(4)2-11-5(8,9)10/h3H,1-2H2. The molecule has 1 unspecified atom stereocenters. The third-order valence-corrected chi connectivity index (χ3v) is 1.72. The van der Waals surface area contributed by atoms with E-state index in [2.05, 4.69) is 4.74 Å². The molecular weight excluding hydrogens is 279 g/mol. The molecule has 0 radical (unpaired) electrons. The normalized spacial score (nSPS) is 28.6. The van der Waals surface area contributed by atoms with Crippen LogP contribution in [0.2, 0.25) is 0 Å². The molecule has 0 aromatic rings. The van der Waals surface area contributed by atoms with Crippen molar-refractivity contribution in [2.45, 2.75) is 16.5 Å². The van der Waals surface area contributed by atoms with E-state index < -0.39 is 22.6 Å². The van der Waals surface area contributed by atoms with Crippen LogP contribution in [-0.2, 0) is 4.74 Å². The highest BCUT2D eigenvalue weighted by Crippen LogP contribution is 2.49. The molecule has 0 aliphatic heterocycles. The molecule has 0 heterocycles. The molecule has 0 aromatic heterocycles. The fourth-order valence-corrected chi connectivity index (χ4v) is 0.825. The van der Waals surface area contributed by atoms with Gasteiger partial charge < -0.3 is 4.74 Å². The number of hydrogen-bond donors (Lipinski definition) is 0. The van der Waals surface area contributed by atoms with Crippen molar-refractivity contribution in [2.75, 3.05) is 6.61 Å². The molecule has 0 amide bonds. The molecule has 0 aromatic carbocycles. The Labute approximate surface area is 74.2 Å². The van der Waals surface area contributed by atoms with E-state index >= 15 is 0 Å². The van der Waals surface area contributed by atoms with Crippen molar-refractivity contribution in [3.05, 3.63) is 0 Å². The number of rotatable bonds is 3. The Balaban J connectivity index is 2.16. The van der Waals surface area contributed by atoms with Crippen LogP contribution >= 0.6 is 22.6 Å². The third kappa shape index (κ3) is 3.10. The Bertz CT molecular complexity index is 155. The van der Waals surface area contributed by atoms with Crippen LogP contribution in [0.15, 0.2) is 0 Å². The van der Waals surface area contributed by atoms with Gasteiger partial charge in [0.2, 0.25) is 0 Å². The Kier molecular flexibility index (Phi) is 2.35. The number of halogens is 5. The van der Waals surface area contributed by atoms with Crippen molar-refractivity contribution in [1.82, 2.24) is 0 Å². The van der Waals surface area contributed by atoms with E-state index in [9.17, 15) is 17.6 Å². The predicted octanol–water partition coefficient (Wildman–Crippen LogP) is 2.64. The average molecular weight is 284 g/mol. The summed E-state index contributed by atoms with van der Waals surface area (Å²) < 4.78 is 48.4. The highest BCUT2D eigenvalue weighted by atomic mass is 127. The maximum Gasteiger partial charge on any atom is 0.407 e. The minimum Gasteiger partial charge on any atom is -0.312 e. The van der Waals surface area contributed by atoms with Gasteiger partial charge in [0.25, 0.3) is 5.92 Å². The van der Waals surface area contributed by atoms with Gasteiger partial charge in [-0.2, -0.15) is 8.78 Å². The monoisotopic (exact) mass is 284 g/mol. The van der Waals surface area contributed by atoms with Gasteiger partial charge in [0.15, 0.2) is 0 Å². The van der Waals surface area contributed by atoms with Gasteiger partial charge in [-0.3, -0.25) is 0 Å². The molecule has 11 heavy (non-hydrogen) atoms. The van der Waals surface area contributed by atoms with E-state index in [-0.39, 0.29) is 6.42 Å². The highest BCUT2D eigenvalue weighted by Gasteiger charge is 2.57. The zero-order chi connectivity index (χ0) is 8.70. The van der Waals surface area contributed by atoms with Crippen LogP contribution in [0.4, 0.5) is 17.6 Å². The molecular formula is C5H5F4IO. The molecule has 0 bridgehead atoms. The van der Waals surface area contributed by atoms with E-state index in [0.717, 1.165) is 22.6 Å². The number of ether oxygens (including phenoxy) is 1.